The summed E-state index contributed by atoms with van der Waals surface area (Å²) >= 11 is 0. The Balaban J connectivity index is 2.89. The molecule has 0 amide bonds. The van der Waals surface area contributed by atoms with Gasteiger partial charge in [0.2, 0.25) is 0 Å². The van der Waals surface area contributed by atoms with Crippen LogP contribution in [0.4, 0.5) is 0 Å². The Bertz CT molecular complexity index is 771. The summed E-state index contributed by atoms with van der Waals surface area (Å²) < 4.78 is 7.35. The van der Waals surface area contributed by atoms with Crippen LogP contribution >= 0.6 is 0 Å². The first-order valence-electron chi connectivity index (χ1n) is 5.72. The van der Waals surface area contributed by atoms with Crippen molar-refractivity contribution in [2.45, 2.75) is 13.5 Å². The zero-order valence-electron chi connectivity index (χ0n) is 11.0. The van der Waals surface area contributed by atoms with Gasteiger partial charge in [-0.2, -0.15) is 0 Å². The molecule has 0 aliphatic rings. The highest BCUT2D eigenvalue weighted by molar-refractivity contribution is 5.80. The van der Waals surface area contributed by atoms with E-state index >= 15 is 0 Å². The average molecular weight is 262 g/mol. The number of aryl methyl sites for hydroxylation is 1. The van der Waals surface area contributed by atoms with Crippen molar-refractivity contribution >= 4 is 16.7 Å². The lowest BCUT2D eigenvalue weighted by Gasteiger charge is -2.10. The summed E-state index contributed by atoms with van der Waals surface area (Å²) in [5.74, 6) is 0.277. The van der Waals surface area contributed by atoms with Gasteiger partial charge in [0.1, 0.15) is 11.5 Å². The summed E-state index contributed by atoms with van der Waals surface area (Å²) in [5, 5.41) is 0.350. The molecule has 0 saturated carbocycles. The van der Waals surface area contributed by atoms with Crippen molar-refractivity contribution in [1.82, 2.24) is 9.13 Å². The third-order valence-electron chi connectivity index (χ3n) is 2.94. The SMILES string of the molecule is COc1ccc2c(c1)c(=O)n(CC(C)=O)c(=O)n2C. The summed E-state index contributed by atoms with van der Waals surface area (Å²) in [6.45, 7) is 1.11. The quantitative estimate of drug-likeness (QED) is 0.797. The van der Waals surface area contributed by atoms with Gasteiger partial charge in [-0.15, -0.1) is 0 Å². The van der Waals surface area contributed by atoms with Crippen LogP contribution in [0, 0.1) is 0 Å². The largest absolute Gasteiger partial charge is 0.497 e. The summed E-state index contributed by atoms with van der Waals surface area (Å²) in [7, 11) is 3.06. The molecule has 0 aliphatic heterocycles. The zero-order valence-corrected chi connectivity index (χ0v) is 11.0. The van der Waals surface area contributed by atoms with Gasteiger partial charge >= 0.3 is 5.69 Å². The highest BCUT2D eigenvalue weighted by atomic mass is 16.5. The second kappa shape index (κ2) is 4.72. The average Bonchev–Trinajstić information content (AvgIpc) is 2.40. The number of aromatic nitrogens is 2. The Morgan fingerprint density at radius 3 is 2.58 bits per heavy atom. The van der Waals surface area contributed by atoms with Crippen molar-refractivity contribution in [2.75, 3.05) is 7.11 Å². The maximum atomic E-state index is 12.2. The number of Topliss-reactive ketones (excluding diaryl/α,β-unsaturated/α-hetero) is 1. The van der Waals surface area contributed by atoms with Gasteiger partial charge in [0.15, 0.2) is 0 Å². The predicted molar refractivity (Wildman–Crippen MR) is 70.7 cm³/mol. The molecule has 1 aromatic heterocycles. The second-order valence-corrected chi connectivity index (χ2v) is 4.32. The molecule has 0 fully saturated rings. The first-order valence-corrected chi connectivity index (χ1v) is 5.72. The third kappa shape index (κ3) is 2.16. The number of fused-ring (bicyclic) bond motifs is 1. The van der Waals surface area contributed by atoms with E-state index in [0.29, 0.717) is 16.7 Å². The molecule has 2 rings (SSSR count). The smallest absolute Gasteiger partial charge is 0.331 e. The molecule has 6 nitrogen and oxygen atoms in total. The lowest BCUT2D eigenvalue weighted by Crippen LogP contribution is -2.40. The monoisotopic (exact) mass is 262 g/mol. The van der Waals surface area contributed by atoms with Gasteiger partial charge < -0.3 is 4.74 Å². The second-order valence-electron chi connectivity index (χ2n) is 4.32. The highest BCUT2D eigenvalue weighted by Crippen LogP contribution is 2.16. The summed E-state index contributed by atoms with van der Waals surface area (Å²) in [6, 6.07) is 4.89. The fourth-order valence-electron chi connectivity index (χ4n) is 1.98. The van der Waals surface area contributed by atoms with E-state index in [1.54, 1.807) is 25.2 Å². The Labute approximate surface area is 108 Å². The van der Waals surface area contributed by atoms with Gasteiger partial charge in [-0.3, -0.25) is 18.7 Å². The van der Waals surface area contributed by atoms with Crippen LogP contribution < -0.4 is 16.0 Å². The third-order valence-corrected chi connectivity index (χ3v) is 2.94. The molecular formula is C13H14N2O4. The van der Waals surface area contributed by atoms with E-state index in [9.17, 15) is 14.4 Å². The van der Waals surface area contributed by atoms with Crippen LogP contribution in [0.15, 0.2) is 27.8 Å². The maximum absolute atomic E-state index is 12.2. The standard InChI is InChI=1S/C13H14N2O4/c1-8(16)7-15-12(17)10-6-9(19-3)4-5-11(10)14(2)13(15)18/h4-6H,7H2,1-3H3. The van der Waals surface area contributed by atoms with Crippen molar-refractivity contribution in [3.8, 4) is 5.75 Å². The number of carbonyl (C=O) groups is 1. The van der Waals surface area contributed by atoms with Crippen LogP contribution in [0.1, 0.15) is 6.92 Å². The molecule has 6 heteroatoms. The van der Waals surface area contributed by atoms with E-state index in [0.717, 1.165) is 4.57 Å². The highest BCUT2D eigenvalue weighted by Gasteiger charge is 2.12. The first-order chi connectivity index (χ1) is 8.95. The van der Waals surface area contributed by atoms with Crippen LogP contribution in [-0.2, 0) is 18.4 Å². The van der Waals surface area contributed by atoms with E-state index < -0.39 is 11.2 Å². The number of hydrogen-bond donors (Lipinski definition) is 0. The topological polar surface area (TPSA) is 70.3 Å². The molecule has 0 spiro atoms. The zero-order chi connectivity index (χ0) is 14.2. The summed E-state index contributed by atoms with van der Waals surface area (Å²) in [5.41, 5.74) is -0.472. The lowest BCUT2D eigenvalue weighted by molar-refractivity contribution is -0.117. The van der Waals surface area contributed by atoms with Gasteiger partial charge in [-0.05, 0) is 25.1 Å². The number of ketones is 1. The number of rotatable bonds is 3. The number of carbonyl (C=O) groups excluding carboxylic acids is 1. The van der Waals surface area contributed by atoms with E-state index in [2.05, 4.69) is 0 Å². The number of methoxy groups -OCH3 is 1. The lowest BCUT2D eigenvalue weighted by atomic mass is 10.2. The number of nitrogens with zero attached hydrogens (tertiary/aromatic N) is 2. The minimum atomic E-state index is -0.502. The number of benzene rings is 1. The van der Waals surface area contributed by atoms with Crippen LogP contribution in [0.2, 0.25) is 0 Å². The molecule has 0 aliphatic carbocycles. The minimum Gasteiger partial charge on any atom is -0.497 e. The molecule has 1 heterocycles. The molecule has 100 valence electrons. The molecule has 2 aromatic rings. The van der Waals surface area contributed by atoms with Crippen LogP contribution in [0.25, 0.3) is 10.9 Å². The Morgan fingerprint density at radius 2 is 2.00 bits per heavy atom. The Morgan fingerprint density at radius 1 is 1.32 bits per heavy atom. The molecule has 0 bridgehead atoms. The van der Waals surface area contributed by atoms with Crippen LogP contribution in [-0.4, -0.2) is 22.0 Å². The van der Waals surface area contributed by atoms with Crippen molar-refractivity contribution in [1.29, 1.82) is 0 Å². The van der Waals surface area contributed by atoms with Crippen LogP contribution in [0.5, 0.6) is 5.75 Å². The first kappa shape index (κ1) is 13.1. The molecule has 0 saturated heterocycles. The van der Waals surface area contributed by atoms with Gasteiger partial charge in [0.05, 0.1) is 24.6 Å². The van der Waals surface area contributed by atoms with Gasteiger partial charge in [0.25, 0.3) is 5.56 Å². The van der Waals surface area contributed by atoms with Crippen molar-refractivity contribution < 1.29 is 9.53 Å². The summed E-state index contributed by atoms with van der Waals surface area (Å²) in [4.78, 5) is 35.4. The Hall–Kier alpha value is -2.37. The van der Waals surface area contributed by atoms with Crippen LogP contribution in [0.3, 0.4) is 0 Å². The molecular weight excluding hydrogens is 248 g/mol. The molecule has 0 unspecified atom stereocenters. The minimum absolute atomic E-state index is 0.224. The molecule has 19 heavy (non-hydrogen) atoms. The predicted octanol–water partition coefficient (Wildman–Crippen LogP) is 0.298. The van der Waals surface area contributed by atoms with Gasteiger partial charge in [0, 0.05) is 7.05 Å². The van der Waals surface area contributed by atoms with E-state index in [4.69, 9.17) is 4.74 Å². The van der Waals surface area contributed by atoms with E-state index in [-0.39, 0.29) is 12.3 Å². The van der Waals surface area contributed by atoms with Crippen molar-refractivity contribution in [2.24, 2.45) is 7.05 Å². The van der Waals surface area contributed by atoms with Crippen molar-refractivity contribution in [3.63, 3.8) is 0 Å². The maximum Gasteiger partial charge on any atom is 0.331 e. The van der Waals surface area contributed by atoms with E-state index in [1.165, 1.54) is 18.6 Å². The van der Waals surface area contributed by atoms with Crippen molar-refractivity contribution in [3.05, 3.63) is 39.0 Å². The van der Waals surface area contributed by atoms with Gasteiger partial charge in [-0.25, -0.2) is 4.79 Å². The van der Waals surface area contributed by atoms with E-state index in [1.807, 2.05) is 0 Å². The molecule has 1 aromatic carbocycles. The number of ether oxygens (including phenoxy) is 1. The molecule has 0 atom stereocenters. The molecule has 0 radical (unpaired) electrons. The molecule has 0 N–H and O–H groups in total. The Kier molecular flexibility index (Phi) is 3.25. The summed E-state index contributed by atoms with van der Waals surface area (Å²) in [6.07, 6.45) is 0. The normalized spacial score (nSPS) is 10.7. The van der Waals surface area contributed by atoms with Gasteiger partial charge in [-0.1, -0.05) is 0 Å². The number of hydrogen-bond acceptors (Lipinski definition) is 4. The fourth-order valence-corrected chi connectivity index (χ4v) is 1.98. The fraction of sp³-hybridized carbons (Fsp3) is 0.308.